The van der Waals surface area contributed by atoms with Crippen LogP contribution in [0.15, 0.2) is 28.7 Å². The van der Waals surface area contributed by atoms with E-state index < -0.39 is 10.1 Å². The topological polar surface area (TPSA) is 165 Å². The van der Waals surface area contributed by atoms with E-state index in [0.717, 1.165) is 4.88 Å². The highest BCUT2D eigenvalue weighted by Crippen LogP contribution is 2.37. The van der Waals surface area contributed by atoms with Gasteiger partial charge in [-0.3, -0.25) is 9.82 Å². The quantitative estimate of drug-likeness (QED) is 0.426. The van der Waals surface area contributed by atoms with Gasteiger partial charge in [0, 0.05) is 6.20 Å². The molecule has 0 unspecified atom stereocenters. The van der Waals surface area contributed by atoms with Crippen LogP contribution in [0.4, 0.5) is 11.8 Å². The zero-order valence-corrected chi connectivity index (χ0v) is 18.0. The first-order valence-corrected chi connectivity index (χ1v) is 10.8. The molecule has 5 N–H and O–H groups in total. The maximum atomic E-state index is 12.4. The molecule has 0 aliphatic rings. The number of hydrogen-bond acceptors (Lipinski definition) is 12. The van der Waals surface area contributed by atoms with E-state index in [1.807, 2.05) is 5.64 Å². The van der Waals surface area contributed by atoms with Crippen LogP contribution in [0.3, 0.4) is 0 Å². The molecule has 2 aromatic heterocycles. The van der Waals surface area contributed by atoms with E-state index in [1.54, 1.807) is 37.7 Å². The molecule has 2 heterocycles. The monoisotopic (exact) mass is 452 g/mol. The number of rotatable bonds is 8. The minimum atomic E-state index is -4.10. The van der Waals surface area contributed by atoms with Gasteiger partial charge in [0.25, 0.3) is 0 Å². The average molecular weight is 453 g/mol. The van der Waals surface area contributed by atoms with Crippen LogP contribution in [0.2, 0.25) is 0 Å². The van der Waals surface area contributed by atoms with E-state index in [9.17, 15) is 8.42 Å². The Balaban J connectivity index is 2.05. The van der Waals surface area contributed by atoms with Gasteiger partial charge in [-0.1, -0.05) is 5.64 Å². The average Bonchev–Trinajstić information content (AvgIpc) is 3.17. The summed E-state index contributed by atoms with van der Waals surface area (Å²) in [4.78, 5) is 17.5. The molecule has 1 aromatic carbocycles. The van der Waals surface area contributed by atoms with Crippen LogP contribution in [0.1, 0.15) is 16.0 Å². The zero-order valence-electron chi connectivity index (χ0n) is 16.4. The largest absolute Gasteiger partial charge is 0.471 e. The Morgan fingerprint density at radius 1 is 1.17 bits per heavy atom. The van der Waals surface area contributed by atoms with Crippen molar-refractivity contribution in [1.82, 2.24) is 20.6 Å². The molecule has 11 nitrogen and oxygen atoms in total. The lowest BCUT2D eigenvalue weighted by molar-refractivity contribution is -0.0751. The van der Waals surface area contributed by atoms with Crippen molar-refractivity contribution in [3.8, 4) is 17.0 Å². The molecule has 0 amide bonds. The minimum absolute atomic E-state index is 0.00198. The van der Waals surface area contributed by atoms with E-state index in [0.29, 0.717) is 22.3 Å². The van der Waals surface area contributed by atoms with E-state index in [-0.39, 0.29) is 29.1 Å². The first-order valence-electron chi connectivity index (χ1n) is 8.49. The maximum absolute atomic E-state index is 12.4. The van der Waals surface area contributed by atoms with Gasteiger partial charge < -0.3 is 16.2 Å². The maximum Gasteiger partial charge on any atom is 0.315 e. The number of nitrogens with two attached hydrogens (primary N) is 2. The predicted octanol–water partition coefficient (Wildman–Crippen LogP) is 1.73. The molecule has 0 saturated carbocycles. The van der Waals surface area contributed by atoms with Gasteiger partial charge in [-0.05, 0) is 42.7 Å². The highest BCUT2D eigenvalue weighted by atomic mass is 32.2. The van der Waals surface area contributed by atoms with E-state index in [2.05, 4.69) is 24.1 Å². The first-order chi connectivity index (χ1) is 14.2. The highest BCUT2D eigenvalue weighted by Gasteiger charge is 2.24. The number of anilines is 2. The van der Waals surface area contributed by atoms with Crippen LogP contribution in [0.25, 0.3) is 11.1 Å². The molecular weight excluding hydrogens is 432 g/mol. The summed E-state index contributed by atoms with van der Waals surface area (Å²) in [5.41, 5.74) is 17.2. The Morgan fingerprint density at radius 3 is 2.47 bits per heavy atom. The van der Waals surface area contributed by atoms with Gasteiger partial charge >= 0.3 is 10.1 Å². The van der Waals surface area contributed by atoms with E-state index in [4.69, 9.17) is 16.2 Å². The molecule has 0 spiro atoms. The number of aromatic nitrogens is 3. The second kappa shape index (κ2) is 8.89. The Kier molecular flexibility index (Phi) is 6.48. The fourth-order valence-corrected chi connectivity index (χ4v) is 4.57. The first kappa shape index (κ1) is 21.9. The van der Waals surface area contributed by atoms with Gasteiger partial charge in [0.2, 0.25) is 11.8 Å². The van der Waals surface area contributed by atoms with Gasteiger partial charge in [0.1, 0.15) is 17.3 Å². The van der Waals surface area contributed by atoms with Crippen molar-refractivity contribution in [2.45, 2.75) is 25.3 Å². The Morgan fingerprint density at radius 2 is 1.87 bits per heavy atom. The lowest BCUT2D eigenvalue weighted by Crippen LogP contribution is -2.20. The van der Waals surface area contributed by atoms with Gasteiger partial charge in [0.05, 0.1) is 23.1 Å². The van der Waals surface area contributed by atoms with Crippen LogP contribution < -0.4 is 21.8 Å². The zero-order chi connectivity index (χ0) is 21.9. The minimum Gasteiger partial charge on any atom is -0.471 e. The SMILES string of the molecule is CONOS(=O)(=O)c1c(C)cc(-c2c(N)nc(N)nc2OCc2cncs2)cc1C. The third kappa shape index (κ3) is 4.66. The lowest BCUT2D eigenvalue weighted by Gasteiger charge is -2.16. The molecule has 0 bridgehead atoms. The number of benzene rings is 1. The smallest absolute Gasteiger partial charge is 0.315 e. The Labute approximate surface area is 177 Å². The molecule has 0 radical (unpaired) electrons. The van der Waals surface area contributed by atoms with Crippen LogP contribution in [-0.4, -0.2) is 30.5 Å². The number of nitrogen functional groups attached to an aromatic ring is 2. The molecule has 3 rings (SSSR count). The standard InChI is InChI=1S/C17H20N6O5S2/c1-9-4-11(5-10(2)14(9)30(24,25)28-23-26-3)13-15(18)21-17(19)22-16(13)27-7-12-6-20-8-29-12/h4-6,8,23H,7H2,1-3H3,(H4,18,19,21,22). The second-order valence-corrected chi connectivity index (χ2v) is 8.62. The van der Waals surface area contributed by atoms with E-state index in [1.165, 1.54) is 18.4 Å². The van der Waals surface area contributed by atoms with Gasteiger partial charge in [0.15, 0.2) is 0 Å². The summed E-state index contributed by atoms with van der Waals surface area (Å²) in [5.74, 6) is 0.246. The van der Waals surface area contributed by atoms with Gasteiger partial charge in [-0.25, -0.2) is 0 Å². The number of thiazole rings is 1. The normalized spacial score (nSPS) is 11.6. The molecule has 3 aromatic rings. The lowest BCUT2D eigenvalue weighted by atomic mass is 10.0. The van der Waals surface area contributed by atoms with Crippen molar-refractivity contribution in [1.29, 1.82) is 0 Å². The second-order valence-electron chi connectivity index (χ2n) is 6.17. The number of hydrogen-bond donors (Lipinski definition) is 3. The van der Waals surface area contributed by atoms with Gasteiger partial charge in [-0.2, -0.15) is 18.4 Å². The highest BCUT2D eigenvalue weighted by molar-refractivity contribution is 7.86. The fraction of sp³-hybridized carbons (Fsp3) is 0.235. The van der Waals surface area contributed by atoms with Crippen molar-refractivity contribution in [3.63, 3.8) is 0 Å². The van der Waals surface area contributed by atoms with Crippen LogP contribution in [-0.2, 0) is 25.8 Å². The molecular formula is C17H20N6O5S2. The van der Waals surface area contributed by atoms with Crippen molar-refractivity contribution in [3.05, 3.63) is 39.8 Å². The summed E-state index contributed by atoms with van der Waals surface area (Å²) in [5, 5.41) is 0. The number of nitrogens with zero attached hydrogens (tertiary/aromatic N) is 3. The summed E-state index contributed by atoms with van der Waals surface area (Å²) >= 11 is 1.43. The molecule has 0 atom stereocenters. The Hall–Kier alpha value is -2.84. The number of aryl methyl sites for hydroxylation is 2. The summed E-state index contributed by atoms with van der Waals surface area (Å²) in [7, 11) is -2.87. The predicted molar refractivity (Wildman–Crippen MR) is 111 cm³/mol. The molecule has 0 saturated heterocycles. The summed E-state index contributed by atoms with van der Waals surface area (Å²) < 4.78 is 35.3. The molecule has 160 valence electrons. The number of nitrogens with one attached hydrogen (secondary N) is 1. The van der Waals surface area contributed by atoms with Crippen LogP contribution >= 0.6 is 11.3 Å². The van der Waals surface area contributed by atoms with Crippen molar-refractivity contribution >= 4 is 33.2 Å². The molecule has 0 aliphatic heterocycles. The van der Waals surface area contributed by atoms with Crippen molar-refractivity contribution in [2.24, 2.45) is 0 Å². The van der Waals surface area contributed by atoms with Crippen molar-refractivity contribution in [2.75, 3.05) is 18.6 Å². The Bertz CT molecular complexity index is 1130. The summed E-state index contributed by atoms with van der Waals surface area (Å²) in [6.45, 7) is 3.48. The van der Waals surface area contributed by atoms with E-state index >= 15 is 0 Å². The number of ether oxygens (including phenoxy) is 1. The molecule has 0 fully saturated rings. The van der Waals surface area contributed by atoms with Gasteiger partial charge in [-0.15, -0.1) is 15.6 Å². The van der Waals surface area contributed by atoms with Crippen molar-refractivity contribution < 1.29 is 22.3 Å². The summed E-state index contributed by atoms with van der Waals surface area (Å²) in [6.07, 6.45) is 1.68. The third-order valence-corrected chi connectivity index (χ3v) is 6.17. The third-order valence-electron chi connectivity index (χ3n) is 3.98. The molecule has 0 aliphatic carbocycles. The van der Waals surface area contributed by atoms with Crippen LogP contribution in [0.5, 0.6) is 5.88 Å². The van der Waals surface area contributed by atoms with Crippen LogP contribution in [0, 0.1) is 13.8 Å². The molecule has 30 heavy (non-hydrogen) atoms. The summed E-state index contributed by atoms with van der Waals surface area (Å²) in [6, 6.07) is 3.25. The molecule has 13 heteroatoms. The fourth-order valence-electron chi connectivity index (χ4n) is 2.91.